The summed E-state index contributed by atoms with van der Waals surface area (Å²) < 4.78 is 0. The van der Waals surface area contributed by atoms with E-state index in [0.717, 1.165) is 5.56 Å². The quantitative estimate of drug-likeness (QED) is 0.603. The van der Waals surface area contributed by atoms with Crippen LogP contribution >= 0.6 is 0 Å². The summed E-state index contributed by atoms with van der Waals surface area (Å²) >= 11 is 0. The van der Waals surface area contributed by atoms with Crippen molar-refractivity contribution in [2.45, 2.75) is 45.8 Å². The van der Waals surface area contributed by atoms with E-state index in [-0.39, 0.29) is 18.4 Å². The first-order valence-electron chi connectivity index (χ1n) is 8.19. The first-order chi connectivity index (χ1) is 12.1. The fourth-order valence-corrected chi connectivity index (χ4v) is 2.62. The Bertz CT molecular complexity index is 659. The molecule has 0 bridgehead atoms. The summed E-state index contributed by atoms with van der Waals surface area (Å²) in [5, 5.41) is 20.2. The predicted molar refractivity (Wildman–Crippen MR) is 93.1 cm³/mol. The van der Waals surface area contributed by atoms with Gasteiger partial charge in [-0.25, -0.2) is 4.79 Å². The number of nitrogens with one attached hydrogen (secondary N) is 1. The minimum atomic E-state index is -1.56. The Kier molecular flexibility index (Phi) is 7.77. The minimum absolute atomic E-state index is 0.184. The number of carboxylic acids is 2. The van der Waals surface area contributed by atoms with Crippen LogP contribution < -0.4 is 5.32 Å². The molecule has 0 fully saturated rings. The summed E-state index contributed by atoms with van der Waals surface area (Å²) in [6.45, 7) is 4.98. The number of carbonyl (C=O) groups excluding carboxylic acids is 2. The average molecular weight is 364 g/mol. The number of aliphatic carboxylic acids is 2. The van der Waals surface area contributed by atoms with E-state index in [9.17, 15) is 19.2 Å². The Morgan fingerprint density at radius 2 is 1.65 bits per heavy atom. The molecule has 0 aliphatic carbocycles. The molecule has 26 heavy (non-hydrogen) atoms. The number of carbonyl (C=O) groups is 4. The molecular weight excluding hydrogens is 340 g/mol. The Hall–Kier alpha value is -2.90. The minimum Gasteiger partial charge on any atom is -0.481 e. The first-order valence-corrected chi connectivity index (χ1v) is 8.19. The van der Waals surface area contributed by atoms with Crippen molar-refractivity contribution in [3.05, 3.63) is 35.9 Å². The van der Waals surface area contributed by atoms with Gasteiger partial charge in [-0.3, -0.25) is 14.4 Å². The Morgan fingerprint density at radius 3 is 2.08 bits per heavy atom. The molecule has 0 saturated carbocycles. The lowest BCUT2D eigenvalue weighted by atomic mass is 9.99. The van der Waals surface area contributed by atoms with Crippen LogP contribution in [0.3, 0.4) is 0 Å². The molecule has 8 heteroatoms. The van der Waals surface area contributed by atoms with E-state index in [1.807, 2.05) is 30.3 Å². The fraction of sp³-hybridized carbons (Fsp3) is 0.444. The highest BCUT2D eigenvalue weighted by Gasteiger charge is 2.34. The number of amides is 2. The van der Waals surface area contributed by atoms with Gasteiger partial charge in [0.15, 0.2) is 0 Å². The maximum Gasteiger partial charge on any atom is 0.326 e. The van der Waals surface area contributed by atoms with Gasteiger partial charge in [-0.1, -0.05) is 44.2 Å². The fourth-order valence-electron chi connectivity index (χ4n) is 2.62. The number of rotatable bonds is 9. The van der Waals surface area contributed by atoms with Crippen molar-refractivity contribution in [2.24, 2.45) is 5.92 Å². The average Bonchev–Trinajstić information content (AvgIpc) is 2.53. The van der Waals surface area contributed by atoms with Crippen LogP contribution in [0.4, 0.5) is 0 Å². The second-order valence-corrected chi connectivity index (χ2v) is 6.32. The molecule has 0 saturated heterocycles. The van der Waals surface area contributed by atoms with Crippen LogP contribution in [0.1, 0.15) is 32.8 Å². The third-order valence-electron chi connectivity index (χ3n) is 3.83. The molecule has 0 aliphatic heterocycles. The van der Waals surface area contributed by atoms with Crippen molar-refractivity contribution in [3.8, 4) is 0 Å². The van der Waals surface area contributed by atoms with Gasteiger partial charge in [-0.15, -0.1) is 0 Å². The van der Waals surface area contributed by atoms with E-state index in [4.69, 9.17) is 10.2 Å². The van der Waals surface area contributed by atoms with Crippen LogP contribution in [0.2, 0.25) is 0 Å². The van der Waals surface area contributed by atoms with Crippen LogP contribution in [0.15, 0.2) is 30.3 Å². The van der Waals surface area contributed by atoms with Crippen LogP contribution in [-0.2, 0) is 25.7 Å². The van der Waals surface area contributed by atoms with Gasteiger partial charge in [0.1, 0.15) is 12.1 Å². The molecular formula is C18H24N2O6. The van der Waals surface area contributed by atoms with Crippen molar-refractivity contribution in [1.29, 1.82) is 0 Å². The zero-order valence-electron chi connectivity index (χ0n) is 15.0. The van der Waals surface area contributed by atoms with E-state index >= 15 is 0 Å². The second kappa shape index (κ2) is 9.55. The van der Waals surface area contributed by atoms with Gasteiger partial charge in [-0.2, -0.15) is 0 Å². The van der Waals surface area contributed by atoms with Gasteiger partial charge in [0, 0.05) is 13.5 Å². The monoisotopic (exact) mass is 364 g/mol. The number of benzene rings is 1. The van der Waals surface area contributed by atoms with Gasteiger partial charge < -0.3 is 20.4 Å². The maximum atomic E-state index is 12.7. The largest absolute Gasteiger partial charge is 0.481 e. The topological polar surface area (TPSA) is 124 Å². The Balaban J connectivity index is 3.05. The maximum absolute atomic E-state index is 12.7. The molecule has 0 aromatic heterocycles. The zero-order valence-corrected chi connectivity index (χ0v) is 15.0. The summed E-state index contributed by atoms with van der Waals surface area (Å²) in [6, 6.07) is 6.59. The second-order valence-electron chi connectivity index (χ2n) is 6.32. The van der Waals surface area contributed by atoms with Crippen LogP contribution in [-0.4, -0.2) is 50.9 Å². The molecule has 1 aromatic carbocycles. The molecule has 0 radical (unpaired) electrons. The molecule has 0 aliphatic rings. The third-order valence-corrected chi connectivity index (χ3v) is 3.83. The predicted octanol–water partition coefficient (Wildman–Crippen LogP) is 1.10. The molecule has 0 heterocycles. The van der Waals surface area contributed by atoms with E-state index in [2.05, 4.69) is 5.32 Å². The van der Waals surface area contributed by atoms with E-state index in [1.165, 1.54) is 11.8 Å². The van der Waals surface area contributed by atoms with Crippen LogP contribution in [0.5, 0.6) is 0 Å². The van der Waals surface area contributed by atoms with Gasteiger partial charge >= 0.3 is 11.9 Å². The van der Waals surface area contributed by atoms with E-state index in [0.29, 0.717) is 0 Å². The van der Waals surface area contributed by atoms with Gasteiger partial charge in [0.25, 0.3) is 0 Å². The highest BCUT2D eigenvalue weighted by Crippen LogP contribution is 2.16. The summed E-state index contributed by atoms with van der Waals surface area (Å²) in [5.74, 6) is -4.12. The third kappa shape index (κ3) is 6.19. The van der Waals surface area contributed by atoms with Crippen molar-refractivity contribution in [3.63, 3.8) is 0 Å². The van der Waals surface area contributed by atoms with Gasteiger partial charge in [0.2, 0.25) is 11.8 Å². The molecule has 1 aromatic rings. The van der Waals surface area contributed by atoms with Crippen molar-refractivity contribution >= 4 is 23.8 Å². The van der Waals surface area contributed by atoms with Crippen LogP contribution in [0, 0.1) is 5.92 Å². The molecule has 0 spiro atoms. The van der Waals surface area contributed by atoms with Crippen molar-refractivity contribution in [1.82, 2.24) is 10.2 Å². The first kappa shape index (κ1) is 21.1. The molecule has 2 amide bonds. The summed E-state index contributed by atoms with van der Waals surface area (Å²) in [5.41, 5.74) is 0.821. The lowest BCUT2D eigenvalue weighted by Gasteiger charge is -2.33. The molecule has 1 rings (SSSR count). The summed E-state index contributed by atoms with van der Waals surface area (Å²) in [6.07, 6.45) is -0.745. The normalized spacial score (nSPS) is 12.9. The van der Waals surface area contributed by atoms with Crippen molar-refractivity contribution < 1.29 is 29.4 Å². The van der Waals surface area contributed by atoms with Crippen LogP contribution in [0.25, 0.3) is 0 Å². The molecule has 3 N–H and O–H groups in total. The molecule has 142 valence electrons. The SMILES string of the molecule is CC(=O)N(Cc1ccccc1)C(C(=O)NC(CC(=O)O)C(=O)O)C(C)C. The molecule has 2 unspecified atom stereocenters. The summed E-state index contributed by atoms with van der Waals surface area (Å²) in [7, 11) is 0. The Labute approximate surface area is 151 Å². The molecule has 2 atom stereocenters. The molecule has 8 nitrogen and oxygen atoms in total. The number of hydrogen-bond acceptors (Lipinski definition) is 4. The Morgan fingerprint density at radius 1 is 1.08 bits per heavy atom. The van der Waals surface area contributed by atoms with Crippen molar-refractivity contribution in [2.75, 3.05) is 0 Å². The van der Waals surface area contributed by atoms with Gasteiger partial charge in [0.05, 0.1) is 6.42 Å². The number of hydrogen-bond donors (Lipinski definition) is 3. The lowest BCUT2D eigenvalue weighted by molar-refractivity contribution is -0.149. The standard InChI is InChI=1S/C18H24N2O6/c1-11(2)16(17(24)19-14(18(25)26)9-15(22)23)20(12(3)21)10-13-7-5-4-6-8-13/h4-8,11,14,16H,9-10H2,1-3H3,(H,19,24)(H,22,23)(H,25,26). The zero-order chi connectivity index (χ0) is 19.9. The highest BCUT2D eigenvalue weighted by atomic mass is 16.4. The van der Waals surface area contributed by atoms with Gasteiger partial charge in [-0.05, 0) is 11.5 Å². The highest BCUT2D eigenvalue weighted by molar-refractivity contribution is 5.91. The van der Waals surface area contributed by atoms with E-state index < -0.39 is 36.4 Å². The van der Waals surface area contributed by atoms with E-state index in [1.54, 1.807) is 13.8 Å². The number of nitrogens with zero attached hydrogens (tertiary/aromatic N) is 1. The summed E-state index contributed by atoms with van der Waals surface area (Å²) in [4.78, 5) is 48.1. The number of carboxylic acid groups (broad SMARTS) is 2. The lowest BCUT2D eigenvalue weighted by Crippen LogP contribution is -2.55. The smallest absolute Gasteiger partial charge is 0.326 e.